The maximum Gasteiger partial charge on any atom is 0.0694 e. The molecule has 98 valence electrons. The molecule has 0 aliphatic rings. The Morgan fingerprint density at radius 1 is 1.35 bits per heavy atom. The highest BCUT2D eigenvalue weighted by Gasteiger charge is 2.12. The second kappa shape index (κ2) is 6.80. The van der Waals surface area contributed by atoms with Gasteiger partial charge < -0.3 is 5.32 Å². The lowest BCUT2D eigenvalue weighted by molar-refractivity contribution is 0.461. The highest BCUT2D eigenvalue weighted by molar-refractivity contribution is 5.20. The Morgan fingerprint density at radius 3 is 2.59 bits per heavy atom. The second-order valence-corrected chi connectivity index (χ2v) is 5.14. The van der Waals surface area contributed by atoms with Gasteiger partial charge in [-0.15, -0.1) is 0 Å². The summed E-state index contributed by atoms with van der Waals surface area (Å²) in [6, 6.07) is 0.639. The lowest BCUT2D eigenvalue weighted by Crippen LogP contribution is -2.27. The summed E-state index contributed by atoms with van der Waals surface area (Å²) < 4.78 is 1.92. The fourth-order valence-corrected chi connectivity index (χ4v) is 2.23. The first kappa shape index (κ1) is 14.2. The lowest BCUT2D eigenvalue weighted by Gasteiger charge is -2.16. The minimum atomic E-state index is 0.499. The van der Waals surface area contributed by atoms with E-state index >= 15 is 0 Å². The van der Waals surface area contributed by atoms with Crippen LogP contribution >= 0.6 is 0 Å². The third-order valence-corrected chi connectivity index (χ3v) is 3.20. The van der Waals surface area contributed by atoms with Crippen molar-refractivity contribution in [2.24, 2.45) is 7.05 Å². The zero-order chi connectivity index (χ0) is 12.8. The summed E-state index contributed by atoms with van der Waals surface area (Å²) in [6.07, 6.45) is 5.84. The Morgan fingerprint density at radius 2 is 2.06 bits per heavy atom. The summed E-state index contributed by atoms with van der Waals surface area (Å²) in [5.74, 6) is 0.499. The van der Waals surface area contributed by atoms with E-state index < -0.39 is 0 Å². The van der Waals surface area contributed by atoms with E-state index in [1.807, 2.05) is 11.7 Å². The highest BCUT2D eigenvalue weighted by atomic mass is 15.3. The first-order valence-electron chi connectivity index (χ1n) is 6.84. The number of nitrogens with one attached hydrogen (secondary N) is 1. The van der Waals surface area contributed by atoms with Gasteiger partial charge in [-0.3, -0.25) is 4.68 Å². The van der Waals surface area contributed by atoms with Crippen molar-refractivity contribution < 1.29 is 0 Å². The number of rotatable bonds is 7. The van der Waals surface area contributed by atoms with Gasteiger partial charge >= 0.3 is 0 Å². The van der Waals surface area contributed by atoms with Crippen molar-refractivity contribution in [3.8, 4) is 0 Å². The van der Waals surface area contributed by atoms with E-state index in [0.29, 0.717) is 12.0 Å². The van der Waals surface area contributed by atoms with Crippen LogP contribution in [-0.4, -0.2) is 15.8 Å². The molecule has 0 spiro atoms. The van der Waals surface area contributed by atoms with Gasteiger partial charge in [0.25, 0.3) is 0 Å². The van der Waals surface area contributed by atoms with Crippen LogP contribution in [0.15, 0.2) is 6.20 Å². The van der Waals surface area contributed by atoms with Crippen LogP contribution < -0.4 is 5.32 Å². The molecule has 1 aromatic heterocycles. The minimum absolute atomic E-state index is 0.499. The molecule has 1 unspecified atom stereocenters. The minimum Gasteiger partial charge on any atom is -0.310 e. The zero-order valence-electron chi connectivity index (χ0n) is 12.0. The third kappa shape index (κ3) is 4.15. The van der Waals surface area contributed by atoms with Gasteiger partial charge in [0.15, 0.2) is 0 Å². The fourth-order valence-electron chi connectivity index (χ4n) is 2.23. The summed E-state index contributed by atoms with van der Waals surface area (Å²) >= 11 is 0. The Balaban J connectivity index is 2.61. The summed E-state index contributed by atoms with van der Waals surface area (Å²) in [5.41, 5.74) is 2.57. The first-order valence-corrected chi connectivity index (χ1v) is 6.84. The lowest BCUT2D eigenvalue weighted by atomic mass is 10.1. The number of nitrogens with zero attached hydrogens (tertiary/aromatic N) is 2. The van der Waals surface area contributed by atoms with Gasteiger partial charge in [0.2, 0.25) is 0 Å². The molecule has 1 aromatic rings. The molecular weight excluding hydrogens is 210 g/mol. The SMILES string of the molecule is CCCC(CC)NCc1cn(C)nc1C(C)C. The molecule has 3 nitrogen and oxygen atoms in total. The van der Waals surface area contributed by atoms with Crippen LogP contribution in [0.25, 0.3) is 0 Å². The number of hydrogen-bond acceptors (Lipinski definition) is 2. The zero-order valence-corrected chi connectivity index (χ0v) is 12.0. The van der Waals surface area contributed by atoms with Crippen LogP contribution in [0.4, 0.5) is 0 Å². The molecule has 1 heterocycles. The molecule has 0 bridgehead atoms. The summed E-state index contributed by atoms with van der Waals surface area (Å²) in [7, 11) is 2.00. The van der Waals surface area contributed by atoms with Crippen molar-refractivity contribution in [1.29, 1.82) is 0 Å². The average Bonchev–Trinajstić information content (AvgIpc) is 2.66. The van der Waals surface area contributed by atoms with E-state index in [1.165, 1.54) is 30.5 Å². The fraction of sp³-hybridized carbons (Fsp3) is 0.786. The molecule has 3 heteroatoms. The molecule has 0 aromatic carbocycles. The Bertz CT molecular complexity index is 328. The topological polar surface area (TPSA) is 29.9 Å². The van der Waals surface area contributed by atoms with Gasteiger partial charge in [0, 0.05) is 31.4 Å². The smallest absolute Gasteiger partial charge is 0.0694 e. The molecule has 0 radical (unpaired) electrons. The normalized spacial score (nSPS) is 13.3. The van der Waals surface area contributed by atoms with E-state index in [-0.39, 0.29) is 0 Å². The molecule has 0 aliphatic carbocycles. The molecule has 0 fully saturated rings. The summed E-state index contributed by atoms with van der Waals surface area (Å²) in [5, 5.41) is 8.18. The molecule has 1 atom stereocenters. The monoisotopic (exact) mass is 237 g/mol. The standard InChI is InChI=1S/C14H27N3/c1-6-8-13(7-2)15-9-12-10-17(5)16-14(12)11(3)4/h10-11,13,15H,6-9H2,1-5H3. The van der Waals surface area contributed by atoms with Crippen molar-refractivity contribution in [3.05, 3.63) is 17.5 Å². The average molecular weight is 237 g/mol. The number of hydrogen-bond donors (Lipinski definition) is 1. The van der Waals surface area contributed by atoms with E-state index in [9.17, 15) is 0 Å². The van der Waals surface area contributed by atoms with Gasteiger partial charge in [0.05, 0.1) is 5.69 Å². The van der Waals surface area contributed by atoms with Crippen molar-refractivity contribution >= 4 is 0 Å². The van der Waals surface area contributed by atoms with E-state index in [4.69, 9.17) is 0 Å². The predicted octanol–water partition coefficient (Wildman–Crippen LogP) is 3.21. The summed E-state index contributed by atoms with van der Waals surface area (Å²) in [6.45, 7) is 9.85. The molecule has 1 N–H and O–H groups in total. The molecule has 0 saturated carbocycles. The molecule has 0 saturated heterocycles. The van der Waals surface area contributed by atoms with Crippen LogP contribution in [-0.2, 0) is 13.6 Å². The van der Waals surface area contributed by atoms with Gasteiger partial charge in [-0.25, -0.2) is 0 Å². The molecular formula is C14H27N3. The summed E-state index contributed by atoms with van der Waals surface area (Å²) in [4.78, 5) is 0. The van der Waals surface area contributed by atoms with Crippen molar-refractivity contribution in [1.82, 2.24) is 15.1 Å². The predicted molar refractivity (Wildman–Crippen MR) is 73.1 cm³/mol. The maximum atomic E-state index is 4.54. The third-order valence-electron chi connectivity index (χ3n) is 3.20. The van der Waals surface area contributed by atoms with Crippen LogP contribution in [0.3, 0.4) is 0 Å². The van der Waals surface area contributed by atoms with E-state index in [0.717, 1.165) is 6.54 Å². The Kier molecular flexibility index (Phi) is 5.69. The van der Waals surface area contributed by atoms with Gasteiger partial charge in [-0.2, -0.15) is 5.10 Å². The second-order valence-electron chi connectivity index (χ2n) is 5.14. The quantitative estimate of drug-likeness (QED) is 0.789. The number of aromatic nitrogens is 2. The van der Waals surface area contributed by atoms with Gasteiger partial charge in [-0.1, -0.05) is 34.1 Å². The first-order chi connectivity index (χ1) is 8.08. The maximum absolute atomic E-state index is 4.54. The van der Waals surface area contributed by atoms with Crippen LogP contribution in [0.5, 0.6) is 0 Å². The van der Waals surface area contributed by atoms with Crippen LogP contribution in [0, 0.1) is 0 Å². The van der Waals surface area contributed by atoms with Crippen molar-refractivity contribution in [2.45, 2.75) is 65.5 Å². The highest BCUT2D eigenvalue weighted by Crippen LogP contribution is 2.17. The largest absolute Gasteiger partial charge is 0.310 e. The van der Waals surface area contributed by atoms with Gasteiger partial charge in [-0.05, 0) is 18.8 Å². The number of aryl methyl sites for hydroxylation is 1. The van der Waals surface area contributed by atoms with Crippen molar-refractivity contribution in [2.75, 3.05) is 0 Å². The van der Waals surface area contributed by atoms with E-state index in [2.05, 4.69) is 44.3 Å². The van der Waals surface area contributed by atoms with Crippen LogP contribution in [0.1, 0.15) is 64.1 Å². The Hall–Kier alpha value is -0.830. The molecule has 17 heavy (non-hydrogen) atoms. The van der Waals surface area contributed by atoms with Gasteiger partial charge in [0.1, 0.15) is 0 Å². The molecule has 0 amide bonds. The molecule has 1 rings (SSSR count). The van der Waals surface area contributed by atoms with E-state index in [1.54, 1.807) is 0 Å². The van der Waals surface area contributed by atoms with Crippen molar-refractivity contribution in [3.63, 3.8) is 0 Å². The van der Waals surface area contributed by atoms with Crippen LogP contribution in [0.2, 0.25) is 0 Å². The molecule has 0 aliphatic heterocycles. The Labute approximate surface area is 106 Å².